The molecule has 0 aliphatic carbocycles. The van der Waals surface area contributed by atoms with Gasteiger partial charge in [-0.1, -0.05) is 94.3 Å². The van der Waals surface area contributed by atoms with Gasteiger partial charge in [-0.15, -0.1) is 0 Å². The molecule has 0 fully saturated rings. The summed E-state index contributed by atoms with van der Waals surface area (Å²) < 4.78 is 18.1. The van der Waals surface area contributed by atoms with Gasteiger partial charge >= 0.3 is 6.09 Å². The summed E-state index contributed by atoms with van der Waals surface area (Å²) in [6.45, 7) is 2.10. The minimum atomic E-state index is -1.38. The van der Waals surface area contributed by atoms with E-state index in [-0.39, 0.29) is 12.4 Å². The van der Waals surface area contributed by atoms with Crippen LogP contribution in [-0.4, -0.2) is 32.1 Å². The molecule has 0 spiro atoms. The summed E-state index contributed by atoms with van der Waals surface area (Å²) in [6, 6.07) is 25.5. The van der Waals surface area contributed by atoms with Crippen LogP contribution >= 0.6 is 15.9 Å². The van der Waals surface area contributed by atoms with Crippen molar-refractivity contribution in [1.29, 1.82) is 0 Å². The summed E-state index contributed by atoms with van der Waals surface area (Å²) >= 11 is 3.53. The molecule has 3 rings (SSSR count). The molecule has 0 radical (unpaired) electrons. The van der Waals surface area contributed by atoms with Crippen molar-refractivity contribution in [2.24, 2.45) is 0 Å². The van der Waals surface area contributed by atoms with Crippen LogP contribution < -0.4 is 5.32 Å². The van der Waals surface area contributed by atoms with Crippen LogP contribution in [0, 0.1) is 6.92 Å². The third kappa shape index (κ3) is 7.02. The van der Waals surface area contributed by atoms with Crippen LogP contribution in [0.2, 0.25) is 0 Å². The van der Waals surface area contributed by atoms with Gasteiger partial charge in [0.15, 0.2) is 0 Å². The fourth-order valence-corrected chi connectivity index (χ4v) is 5.18. The predicted molar refractivity (Wildman–Crippen MR) is 130 cm³/mol. The first kappa shape index (κ1) is 24.2. The van der Waals surface area contributed by atoms with Crippen molar-refractivity contribution in [2.75, 3.05) is 5.75 Å². The topological polar surface area (TPSA) is 75.6 Å². The summed E-state index contributed by atoms with van der Waals surface area (Å²) in [4.78, 5) is 12.6. The second kappa shape index (κ2) is 11.9. The van der Waals surface area contributed by atoms with E-state index >= 15 is 0 Å². The SMILES string of the molecule is Cc1ccc([S@@](=O)C[C@H](O)[C@H](Br)[C@H](NC(=O)OCc2ccccc2)c2ccccc2)cc1. The molecule has 0 bridgehead atoms. The molecular formula is C25H26BrNO4S. The maximum Gasteiger partial charge on any atom is 0.407 e. The number of hydrogen-bond donors (Lipinski definition) is 2. The van der Waals surface area contributed by atoms with Gasteiger partial charge in [0.25, 0.3) is 0 Å². The Bertz CT molecular complexity index is 1020. The molecular weight excluding hydrogens is 490 g/mol. The molecule has 0 heterocycles. The number of alkyl carbamates (subject to hydrolysis) is 1. The number of nitrogens with one attached hydrogen (secondary N) is 1. The zero-order chi connectivity index (χ0) is 22.9. The van der Waals surface area contributed by atoms with Crippen LogP contribution in [0.15, 0.2) is 89.8 Å². The zero-order valence-corrected chi connectivity index (χ0v) is 20.1. The standard InChI is InChI=1S/C25H26BrNO4S/c1-18-12-14-21(15-13-18)32(30)17-22(28)23(26)24(20-10-6-3-7-11-20)27-25(29)31-16-19-8-4-2-5-9-19/h2-15,22-24,28H,16-17H2,1H3,(H,27,29)/t22-,23-,24+,32-/m0/s1. The lowest BCUT2D eigenvalue weighted by Gasteiger charge is -2.27. The molecule has 7 heteroatoms. The van der Waals surface area contributed by atoms with E-state index in [9.17, 15) is 14.1 Å². The summed E-state index contributed by atoms with van der Waals surface area (Å²) in [5.41, 5.74) is 2.75. The largest absolute Gasteiger partial charge is 0.445 e. The van der Waals surface area contributed by atoms with Crippen molar-refractivity contribution < 1.29 is 18.8 Å². The number of aryl methyl sites for hydroxylation is 1. The van der Waals surface area contributed by atoms with E-state index in [1.165, 1.54) is 0 Å². The van der Waals surface area contributed by atoms with Crippen LogP contribution in [0.1, 0.15) is 22.7 Å². The van der Waals surface area contributed by atoms with Gasteiger partial charge in [0.2, 0.25) is 0 Å². The number of amides is 1. The minimum Gasteiger partial charge on any atom is -0.445 e. The number of aliphatic hydroxyl groups is 1. The summed E-state index contributed by atoms with van der Waals surface area (Å²) in [5.74, 6) is 0.0308. The quantitative estimate of drug-likeness (QED) is 0.397. The number of carbonyl (C=O) groups excluding carboxylic acids is 1. The number of benzene rings is 3. The highest BCUT2D eigenvalue weighted by Gasteiger charge is 2.30. The number of rotatable bonds is 9. The van der Waals surface area contributed by atoms with Gasteiger partial charge in [0.1, 0.15) is 6.61 Å². The monoisotopic (exact) mass is 515 g/mol. The fraction of sp³-hybridized carbons (Fsp3) is 0.240. The molecule has 0 aliphatic heterocycles. The molecule has 3 aromatic rings. The summed E-state index contributed by atoms with van der Waals surface area (Å²) in [5, 5.41) is 13.7. The molecule has 4 atom stereocenters. The van der Waals surface area contributed by atoms with Gasteiger partial charge in [-0.05, 0) is 30.2 Å². The third-order valence-electron chi connectivity index (χ3n) is 4.94. The predicted octanol–water partition coefficient (Wildman–Crippen LogP) is 4.89. The minimum absolute atomic E-state index is 0.0308. The molecule has 32 heavy (non-hydrogen) atoms. The number of halogens is 1. The normalized spacial score (nSPS) is 14.7. The lowest BCUT2D eigenvalue weighted by Crippen LogP contribution is -2.41. The molecule has 0 saturated heterocycles. The van der Waals surface area contributed by atoms with E-state index in [4.69, 9.17) is 4.74 Å². The van der Waals surface area contributed by atoms with Crippen LogP contribution in [0.4, 0.5) is 4.79 Å². The molecule has 0 unspecified atom stereocenters. The Kier molecular flexibility index (Phi) is 9.02. The molecule has 0 saturated carbocycles. The molecule has 3 aromatic carbocycles. The maximum absolute atomic E-state index is 12.7. The van der Waals surface area contributed by atoms with Gasteiger partial charge in [-0.3, -0.25) is 4.21 Å². The third-order valence-corrected chi connectivity index (χ3v) is 7.52. The van der Waals surface area contributed by atoms with Gasteiger partial charge in [0.05, 0.1) is 33.5 Å². The molecule has 5 nitrogen and oxygen atoms in total. The number of ether oxygens (including phenoxy) is 1. The van der Waals surface area contributed by atoms with Crippen molar-refractivity contribution in [3.05, 3.63) is 102 Å². The first-order chi connectivity index (χ1) is 15.4. The molecule has 1 amide bonds. The van der Waals surface area contributed by atoms with E-state index < -0.39 is 33.9 Å². The molecule has 168 valence electrons. The second-order valence-corrected chi connectivity index (χ2v) is 9.98. The molecule has 2 N–H and O–H groups in total. The first-order valence-electron chi connectivity index (χ1n) is 10.2. The number of alkyl halides is 1. The Hall–Kier alpha value is -2.48. The van der Waals surface area contributed by atoms with Crippen molar-refractivity contribution in [2.45, 2.75) is 35.4 Å². The fourth-order valence-electron chi connectivity index (χ4n) is 3.15. The Morgan fingerprint density at radius 2 is 1.59 bits per heavy atom. The average molecular weight is 516 g/mol. The summed E-state index contributed by atoms with van der Waals surface area (Å²) in [7, 11) is -1.38. The van der Waals surface area contributed by atoms with Crippen LogP contribution in [-0.2, 0) is 22.1 Å². The van der Waals surface area contributed by atoms with Gasteiger partial charge < -0.3 is 15.2 Å². The molecule has 0 aromatic heterocycles. The highest BCUT2D eigenvalue weighted by atomic mass is 79.9. The van der Waals surface area contributed by atoms with Crippen LogP contribution in [0.3, 0.4) is 0 Å². The van der Waals surface area contributed by atoms with Crippen molar-refractivity contribution in [3.63, 3.8) is 0 Å². The van der Waals surface area contributed by atoms with Crippen molar-refractivity contribution in [3.8, 4) is 0 Å². The Morgan fingerprint density at radius 3 is 2.22 bits per heavy atom. The van der Waals surface area contributed by atoms with E-state index in [1.54, 1.807) is 12.1 Å². The van der Waals surface area contributed by atoms with Gasteiger partial charge in [0, 0.05) is 4.90 Å². The number of hydrogen-bond acceptors (Lipinski definition) is 4. The Morgan fingerprint density at radius 1 is 1.00 bits per heavy atom. The highest BCUT2D eigenvalue weighted by molar-refractivity contribution is 9.09. The molecule has 0 aliphatic rings. The smallest absolute Gasteiger partial charge is 0.407 e. The van der Waals surface area contributed by atoms with Crippen LogP contribution in [0.25, 0.3) is 0 Å². The lowest BCUT2D eigenvalue weighted by molar-refractivity contribution is 0.129. The van der Waals surface area contributed by atoms with E-state index in [0.29, 0.717) is 4.90 Å². The second-order valence-electron chi connectivity index (χ2n) is 7.43. The van der Waals surface area contributed by atoms with Gasteiger partial charge in [-0.2, -0.15) is 0 Å². The van der Waals surface area contributed by atoms with Crippen LogP contribution in [0.5, 0.6) is 0 Å². The average Bonchev–Trinajstić information content (AvgIpc) is 2.82. The van der Waals surface area contributed by atoms with E-state index in [0.717, 1.165) is 16.7 Å². The van der Waals surface area contributed by atoms with Crippen molar-refractivity contribution >= 4 is 32.8 Å². The Balaban J connectivity index is 1.67. The van der Waals surface area contributed by atoms with Crippen molar-refractivity contribution in [1.82, 2.24) is 5.32 Å². The van der Waals surface area contributed by atoms with Gasteiger partial charge in [-0.25, -0.2) is 4.79 Å². The zero-order valence-electron chi connectivity index (χ0n) is 17.7. The highest BCUT2D eigenvalue weighted by Crippen LogP contribution is 2.27. The number of carbonyl (C=O) groups is 1. The van der Waals surface area contributed by atoms with E-state index in [2.05, 4.69) is 21.2 Å². The lowest BCUT2D eigenvalue weighted by atomic mass is 10.0. The van der Waals surface area contributed by atoms with E-state index in [1.807, 2.05) is 79.7 Å². The first-order valence-corrected chi connectivity index (χ1v) is 12.5. The number of aliphatic hydroxyl groups excluding tert-OH is 1. The Labute approximate surface area is 199 Å². The summed E-state index contributed by atoms with van der Waals surface area (Å²) in [6.07, 6.45) is -1.57. The maximum atomic E-state index is 12.7.